The zero-order valence-corrected chi connectivity index (χ0v) is 14.6. The minimum Gasteiger partial charge on any atom is -0.300 e. The summed E-state index contributed by atoms with van der Waals surface area (Å²) in [5, 5.41) is 4.69. The van der Waals surface area contributed by atoms with Crippen LogP contribution in [-0.4, -0.2) is 34.3 Å². The van der Waals surface area contributed by atoms with E-state index in [1.54, 1.807) is 0 Å². The summed E-state index contributed by atoms with van der Waals surface area (Å²) in [7, 11) is 0. The summed E-state index contributed by atoms with van der Waals surface area (Å²) in [5.74, 6) is 0.902. The summed E-state index contributed by atoms with van der Waals surface area (Å²) in [6.45, 7) is 5.97. The summed E-state index contributed by atoms with van der Waals surface area (Å²) in [6.07, 6.45) is 10.8. The number of rotatable bonds is 3. The van der Waals surface area contributed by atoms with Gasteiger partial charge in [0.15, 0.2) is 0 Å². The van der Waals surface area contributed by atoms with E-state index >= 15 is 0 Å². The fourth-order valence-corrected chi connectivity index (χ4v) is 3.95. The number of piperidine rings is 1. The van der Waals surface area contributed by atoms with Crippen molar-refractivity contribution in [3.05, 3.63) is 53.9 Å². The molecule has 1 aliphatic heterocycles. The lowest BCUT2D eigenvalue weighted by atomic mass is 9.92. The van der Waals surface area contributed by atoms with E-state index in [4.69, 9.17) is 0 Å². The molecule has 0 spiro atoms. The highest BCUT2D eigenvalue weighted by Crippen LogP contribution is 2.32. The molecule has 1 aromatic heterocycles. The van der Waals surface area contributed by atoms with Crippen LogP contribution in [0.25, 0.3) is 11.3 Å². The first kappa shape index (κ1) is 15.6. The molecule has 4 rings (SSSR count). The summed E-state index contributed by atoms with van der Waals surface area (Å²) < 4.78 is 2.13. The molecular formula is C21H27N3. The lowest BCUT2D eigenvalue weighted by Gasteiger charge is -2.29. The predicted octanol–water partition coefficient (Wildman–Crippen LogP) is 4.32. The average Bonchev–Trinajstić information content (AvgIpc) is 3.07. The molecule has 0 bridgehead atoms. The standard InChI is InChI=1S/C21H27N3/c1-17-10-13-23(14-11-17)15-12-18-6-5-9-21-20(18)16-22-24(21)19-7-3-2-4-8-19/h2-4,7-8,12,16-17H,5-6,9-11,13-15H2,1H3/b18-12+. The van der Waals surface area contributed by atoms with Crippen LogP contribution in [0, 0.1) is 5.92 Å². The third-order valence-corrected chi connectivity index (χ3v) is 5.55. The first-order chi connectivity index (χ1) is 11.8. The fraction of sp³-hybridized carbons (Fsp3) is 0.476. The fourth-order valence-electron chi connectivity index (χ4n) is 3.95. The maximum absolute atomic E-state index is 4.69. The topological polar surface area (TPSA) is 21.1 Å². The number of benzene rings is 1. The van der Waals surface area contributed by atoms with E-state index in [1.165, 1.54) is 61.3 Å². The molecule has 3 heteroatoms. The normalized spacial score (nSPS) is 21.1. The minimum absolute atomic E-state index is 0.902. The van der Waals surface area contributed by atoms with E-state index in [0.29, 0.717) is 0 Å². The summed E-state index contributed by atoms with van der Waals surface area (Å²) >= 11 is 0. The van der Waals surface area contributed by atoms with Crippen molar-refractivity contribution in [2.24, 2.45) is 5.92 Å². The van der Waals surface area contributed by atoms with E-state index in [1.807, 2.05) is 0 Å². The molecule has 1 fully saturated rings. The number of nitrogens with zero attached hydrogens (tertiary/aromatic N) is 3. The Balaban J connectivity index is 1.54. The van der Waals surface area contributed by atoms with E-state index in [2.05, 4.69) is 64.2 Å². The van der Waals surface area contributed by atoms with Crippen LogP contribution >= 0.6 is 0 Å². The molecule has 1 saturated heterocycles. The van der Waals surface area contributed by atoms with Crippen LogP contribution in [0.4, 0.5) is 0 Å². The van der Waals surface area contributed by atoms with Crippen LogP contribution in [0.5, 0.6) is 0 Å². The molecule has 0 amide bonds. The molecular weight excluding hydrogens is 294 g/mol. The summed E-state index contributed by atoms with van der Waals surface area (Å²) in [5.41, 5.74) is 5.42. The zero-order chi connectivity index (χ0) is 16.4. The van der Waals surface area contributed by atoms with Gasteiger partial charge in [-0.25, -0.2) is 4.68 Å². The van der Waals surface area contributed by atoms with Crippen molar-refractivity contribution in [3.63, 3.8) is 0 Å². The van der Waals surface area contributed by atoms with Crippen LogP contribution in [0.3, 0.4) is 0 Å². The van der Waals surface area contributed by atoms with Gasteiger partial charge in [0.2, 0.25) is 0 Å². The minimum atomic E-state index is 0.902. The second-order valence-corrected chi connectivity index (χ2v) is 7.32. The van der Waals surface area contributed by atoms with Crippen molar-refractivity contribution in [1.82, 2.24) is 14.7 Å². The molecule has 2 aliphatic rings. The second kappa shape index (κ2) is 6.94. The van der Waals surface area contributed by atoms with Gasteiger partial charge < -0.3 is 0 Å². The Morgan fingerprint density at radius 3 is 2.71 bits per heavy atom. The van der Waals surface area contributed by atoms with Crippen LogP contribution in [0.15, 0.2) is 42.6 Å². The van der Waals surface area contributed by atoms with E-state index in [0.717, 1.165) is 18.9 Å². The number of hydrogen-bond donors (Lipinski definition) is 0. The maximum atomic E-state index is 4.69. The van der Waals surface area contributed by atoms with E-state index in [9.17, 15) is 0 Å². The van der Waals surface area contributed by atoms with Crippen LogP contribution in [0.2, 0.25) is 0 Å². The molecule has 1 aliphatic carbocycles. The van der Waals surface area contributed by atoms with Gasteiger partial charge >= 0.3 is 0 Å². The van der Waals surface area contributed by atoms with Gasteiger partial charge in [0, 0.05) is 12.1 Å². The number of fused-ring (bicyclic) bond motifs is 1. The first-order valence-corrected chi connectivity index (χ1v) is 9.35. The lowest BCUT2D eigenvalue weighted by molar-refractivity contribution is 0.210. The molecule has 2 aromatic rings. The monoisotopic (exact) mass is 321 g/mol. The van der Waals surface area contributed by atoms with Crippen LogP contribution in [-0.2, 0) is 6.42 Å². The molecule has 0 saturated carbocycles. The molecule has 0 N–H and O–H groups in total. The highest BCUT2D eigenvalue weighted by molar-refractivity contribution is 5.69. The molecule has 1 aromatic carbocycles. The third kappa shape index (κ3) is 3.18. The molecule has 2 heterocycles. The Kier molecular flexibility index (Phi) is 4.52. The predicted molar refractivity (Wildman–Crippen MR) is 99.3 cm³/mol. The van der Waals surface area contributed by atoms with Gasteiger partial charge in [-0.3, -0.25) is 4.90 Å². The average molecular weight is 321 g/mol. The molecule has 0 unspecified atom stereocenters. The van der Waals surface area contributed by atoms with Crippen molar-refractivity contribution < 1.29 is 0 Å². The van der Waals surface area contributed by atoms with Crippen molar-refractivity contribution in [1.29, 1.82) is 0 Å². The van der Waals surface area contributed by atoms with Crippen molar-refractivity contribution in [2.45, 2.75) is 39.0 Å². The number of allylic oxidation sites excluding steroid dienone is 1. The Morgan fingerprint density at radius 2 is 1.92 bits per heavy atom. The van der Waals surface area contributed by atoms with Gasteiger partial charge in [-0.15, -0.1) is 0 Å². The molecule has 126 valence electrons. The smallest absolute Gasteiger partial charge is 0.0649 e. The number of para-hydroxylation sites is 1. The molecule has 3 nitrogen and oxygen atoms in total. The van der Waals surface area contributed by atoms with Crippen molar-refractivity contribution in [2.75, 3.05) is 19.6 Å². The van der Waals surface area contributed by atoms with Gasteiger partial charge in [0.05, 0.1) is 17.6 Å². The van der Waals surface area contributed by atoms with Crippen molar-refractivity contribution in [3.8, 4) is 5.69 Å². The Labute approximate surface area is 145 Å². The van der Waals surface area contributed by atoms with Gasteiger partial charge in [-0.05, 0) is 68.8 Å². The Hall–Kier alpha value is -1.87. The number of hydrogen-bond acceptors (Lipinski definition) is 2. The molecule has 0 atom stereocenters. The second-order valence-electron chi connectivity index (χ2n) is 7.32. The Bertz CT molecular complexity index is 706. The summed E-state index contributed by atoms with van der Waals surface area (Å²) in [6, 6.07) is 10.5. The Morgan fingerprint density at radius 1 is 1.12 bits per heavy atom. The SMILES string of the molecule is CC1CCN(C/C=C2\CCCc3c2cnn3-c2ccccc2)CC1. The van der Waals surface area contributed by atoms with Crippen molar-refractivity contribution >= 4 is 5.57 Å². The van der Waals surface area contributed by atoms with Crippen LogP contribution < -0.4 is 0 Å². The van der Waals surface area contributed by atoms with E-state index in [-0.39, 0.29) is 0 Å². The quantitative estimate of drug-likeness (QED) is 0.839. The van der Waals surface area contributed by atoms with Crippen LogP contribution in [0.1, 0.15) is 43.9 Å². The third-order valence-electron chi connectivity index (χ3n) is 5.55. The van der Waals surface area contributed by atoms with Gasteiger partial charge in [-0.2, -0.15) is 5.10 Å². The van der Waals surface area contributed by atoms with Gasteiger partial charge in [0.25, 0.3) is 0 Å². The molecule has 24 heavy (non-hydrogen) atoms. The first-order valence-electron chi connectivity index (χ1n) is 9.35. The van der Waals surface area contributed by atoms with E-state index < -0.39 is 0 Å². The van der Waals surface area contributed by atoms with Gasteiger partial charge in [-0.1, -0.05) is 31.2 Å². The number of aromatic nitrogens is 2. The number of likely N-dealkylation sites (tertiary alicyclic amines) is 1. The zero-order valence-electron chi connectivity index (χ0n) is 14.6. The highest BCUT2D eigenvalue weighted by Gasteiger charge is 2.20. The highest BCUT2D eigenvalue weighted by atomic mass is 15.3. The lowest BCUT2D eigenvalue weighted by Crippen LogP contribution is -2.33. The summed E-state index contributed by atoms with van der Waals surface area (Å²) in [4.78, 5) is 2.60. The largest absolute Gasteiger partial charge is 0.300 e. The molecule has 0 radical (unpaired) electrons. The maximum Gasteiger partial charge on any atom is 0.0649 e. The van der Waals surface area contributed by atoms with Gasteiger partial charge in [0.1, 0.15) is 0 Å².